The van der Waals surface area contributed by atoms with Crippen molar-refractivity contribution >= 4 is 0 Å². The molecule has 0 bridgehead atoms. The molecule has 2 aromatic rings. The third-order valence-corrected chi connectivity index (χ3v) is 2.80. The lowest BCUT2D eigenvalue weighted by Crippen LogP contribution is -2.20. The Morgan fingerprint density at radius 1 is 1.33 bits per heavy atom. The van der Waals surface area contributed by atoms with Crippen LogP contribution >= 0.6 is 0 Å². The first-order valence-electron chi connectivity index (χ1n) is 6.60. The highest BCUT2D eigenvalue weighted by Gasteiger charge is 2.17. The van der Waals surface area contributed by atoms with Crippen LogP contribution in [0.15, 0.2) is 22.7 Å². The van der Waals surface area contributed by atoms with Crippen LogP contribution in [-0.4, -0.2) is 22.9 Å². The first-order valence-corrected chi connectivity index (χ1v) is 6.60. The van der Waals surface area contributed by atoms with Crippen LogP contribution in [0.3, 0.4) is 0 Å². The maximum atomic E-state index is 13.6. The molecule has 2 rings (SSSR count). The zero-order valence-electron chi connectivity index (χ0n) is 11.8. The fraction of sp³-hybridized carbons (Fsp3) is 0.429. The molecule has 0 amide bonds. The molecule has 0 aliphatic carbocycles. The Balaban J connectivity index is 2.04. The molecule has 0 aliphatic heterocycles. The lowest BCUT2D eigenvalue weighted by molar-refractivity contribution is 0.0665. The van der Waals surface area contributed by atoms with E-state index in [2.05, 4.69) is 10.1 Å². The van der Waals surface area contributed by atoms with Crippen molar-refractivity contribution in [2.45, 2.75) is 32.4 Å². The maximum Gasteiger partial charge on any atom is 0.231 e. The summed E-state index contributed by atoms with van der Waals surface area (Å²) in [4.78, 5) is 4.08. The first-order chi connectivity index (χ1) is 9.97. The molecular weight excluding hydrogens is 280 g/mol. The van der Waals surface area contributed by atoms with E-state index < -0.39 is 17.7 Å². The highest BCUT2D eigenvalue weighted by Crippen LogP contribution is 2.16. The highest BCUT2D eigenvalue weighted by atomic mass is 19.2. The highest BCUT2D eigenvalue weighted by molar-refractivity contribution is 5.21. The van der Waals surface area contributed by atoms with E-state index >= 15 is 0 Å². The molecule has 1 heterocycles. The van der Waals surface area contributed by atoms with Gasteiger partial charge in [-0.1, -0.05) is 17.3 Å². The zero-order chi connectivity index (χ0) is 15.4. The number of ether oxygens (including phenoxy) is 1. The Labute approximate surface area is 121 Å². The molecular formula is C14H17F2N3O2. The SMILES string of the molecule is CC(C)OCC(N)c1noc(Cc2cccc(F)c2F)n1. The Kier molecular flexibility index (Phi) is 4.98. The summed E-state index contributed by atoms with van der Waals surface area (Å²) in [7, 11) is 0. The van der Waals surface area contributed by atoms with E-state index in [9.17, 15) is 8.78 Å². The van der Waals surface area contributed by atoms with Crippen molar-refractivity contribution in [3.8, 4) is 0 Å². The van der Waals surface area contributed by atoms with Crippen molar-refractivity contribution in [1.82, 2.24) is 10.1 Å². The monoisotopic (exact) mass is 297 g/mol. The standard InChI is InChI=1S/C14H17F2N3O2/c1-8(2)20-7-11(17)14-18-12(21-19-14)6-9-4-3-5-10(15)13(9)16/h3-5,8,11H,6-7,17H2,1-2H3. The average Bonchev–Trinajstić information content (AvgIpc) is 2.90. The Morgan fingerprint density at radius 2 is 2.10 bits per heavy atom. The molecule has 0 fully saturated rings. The van der Waals surface area contributed by atoms with Crippen LogP contribution in [0, 0.1) is 11.6 Å². The van der Waals surface area contributed by atoms with Crippen molar-refractivity contribution in [3.05, 3.63) is 47.1 Å². The molecule has 1 aromatic carbocycles. The van der Waals surface area contributed by atoms with Crippen molar-refractivity contribution in [2.75, 3.05) is 6.61 Å². The van der Waals surface area contributed by atoms with Crippen LogP contribution in [0.25, 0.3) is 0 Å². The lowest BCUT2D eigenvalue weighted by Gasteiger charge is -2.10. The van der Waals surface area contributed by atoms with Gasteiger partial charge in [-0.25, -0.2) is 8.78 Å². The van der Waals surface area contributed by atoms with Crippen molar-refractivity contribution in [1.29, 1.82) is 0 Å². The molecule has 2 N–H and O–H groups in total. The molecule has 7 heteroatoms. The molecule has 114 valence electrons. The van der Waals surface area contributed by atoms with E-state index in [-0.39, 0.29) is 36.4 Å². The van der Waals surface area contributed by atoms with Crippen LogP contribution in [0.2, 0.25) is 0 Å². The van der Waals surface area contributed by atoms with E-state index in [0.717, 1.165) is 6.07 Å². The van der Waals surface area contributed by atoms with Gasteiger partial charge in [-0.05, 0) is 19.9 Å². The summed E-state index contributed by atoms with van der Waals surface area (Å²) in [6, 6.07) is 3.41. The predicted molar refractivity (Wildman–Crippen MR) is 71.5 cm³/mol. The molecule has 1 aromatic heterocycles. The second kappa shape index (κ2) is 6.73. The number of benzene rings is 1. The summed E-state index contributed by atoms with van der Waals surface area (Å²) in [5.41, 5.74) is 6.01. The second-order valence-corrected chi connectivity index (χ2v) is 4.92. The molecule has 0 aliphatic rings. The minimum Gasteiger partial charge on any atom is -0.377 e. The van der Waals surface area contributed by atoms with Gasteiger partial charge in [0.2, 0.25) is 5.89 Å². The van der Waals surface area contributed by atoms with Gasteiger partial charge in [-0.15, -0.1) is 0 Å². The summed E-state index contributed by atoms with van der Waals surface area (Å²) in [6.45, 7) is 4.03. The Hall–Kier alpha value is -1.86. The fourth-order valence-electron chi connectivity index (χ4n) is 1.71. The number of nitrogens with zero attached hydrogens (tertiary/aromatic N) is 2. The van der Waals surface area contributed by atoms with Gasteiger partial charge in [0.25, 0.3) is 0 Å². The van der Waals surface area contributed by atoms with Crippen LogP contribution < -0.4 is 5.73 Å². The fourth-order valence-corrected chi connectivity index (χ4v) is 1.71. The lowest BCUT2D eigenvalue weighted by atomic mass is 10.1. The molecule has 0 spiro atoms. The van der Waals surface area contributed by atoms with E-state index in [0.29, 0.717) is 0 Å². The van der Waals surface area contributed by atoms with Gasteiger partial charge in [-0.2, -0.15) is 4.98 Å². The number of rotatable bonds is 6. The Bertz CT molecular complexity index is 602. The number of nitrogens with two attached hydrogens (primary N) is 1. The number of hydrogen-bond acceptors (Lipinski definition) is 5. The third kappa shape index (κ3) is 4.05. The molecule has 1 atom stereocenters. The molecule has 5 nitrogen and oxygen atoms in total. The van der Waals surface area contributed by atoms with Crippen LogP contribution in [0.5, 0.6) is 0 Å². The number of hydrogen-bond donors (Lipinski definition) is 1. The van der Waals surface area contributed by atoms with E-state index in [1.807, 2.05) is 13.8 Å². The van der Waals surface area contributed by atoms with Gasteiger partial charge in [0.05, 0.1) is 25.2 Å². The Morgan fingerprint density at radius 3 is 2.81 bits per heavy atom. The van der Waals surface area contributed by atoms with Gasteiger partial charge in [0, 0.05) is 5.56 Å². The van der Waals surface area contributed by atoms with E-state index in [1.165, 1.54) is 12.1 Å². The smallest absolute Gasteiger partial charge is 0.231 e. The van der Waals surface area contributed by atoms with Crippen molar-refractivity contribution in [2.24, 2.45) is 5.73 Å². The first kappa shape index (κ1) is 15.5. The summed E-state index contributed by atoms with van der Waals surface area (Å²) in [5, 5.41) is 3.74. The zero-order valence-corrected chi connectivity index (χ0v) is 11.8. The van der Waals surface area contributed by atoms with Crippen molar-refractivity contribution in [3.63, 3.8) is 0 Å². The number of aromatic nitrogens is 2. The van der Waals surface area contributed by atoms with Crippen LogP contribution in [0.1, 0.15) is 37.2 Å². The summed E-state index contributed by atoms with van der Waals surface area (Å²) in [6.07, 6.45) is 0.0535. The maximum absolute atomic E-state index is 13.6. The summed E-state index contributed by atoms with van der Waals surface area (Å²) >= 11 is 0. The van der Waals surface area contributed by atoms with Gasteiger partial charge >= 0.3 is 0 Å². The average molecular weight is 297 g/mol. The second-order valence-electron chi connectivity index (χ2n) is 4.92. The topological polar surface area (TPSA) is 74.2 Å². The van der Waals surface area contributed by atoms with Crippen LogP contribution in [0.4, 0.5) is 8.78 Å². The minimum absolute atomic E-state index is 0.00828. The number of halogens is 2. The van der Waals surface area contributed by atoms with E-state index in [4.69, 9.17) is 15.0 Å². The van der Waals surface area contributed by atoms with Crippen LogP contribution in [-0.2, 0) is 11.2 Å². The molecule has 1 unspecified atom stereocenters. The summed E-state index contributed by atoms with van der Waals surface area (Å²) in [5.74, 6) is -1.36. The third-order valence-electron chi connectivity index (χ3n) is 2.80. The molecule has 0 radical (unpaired) electrons. The van der Waals surface area contributed by atoms with Gasteiger partial charge < -0.3 is 15.0 Å². The van der Waals surface area contributed by atoms with Gasteiger partial charge in [-0.3, -0.25) is 0 Å². The predicted octanol–water partition coefficient (Wildman–Crippen LogP) is 2.36. The largest absolute Gasteiger partial charge is 0.377 e. The minimum atomic E-state index is -0.912. The van der Waals surface area contributed by atoms with Gasteiger partial charge in [0.1, 0.15) is 0 Å². The van der Waals surface area contributed by atoms with Crippen molar-refractivity contribution < 1.29 is 18.0 Å². The molecule has 21 heavy (non-hydrogen) atoms. The van der Waals surface area contributed by atoms with Gasteiger partial charge in [0.15, 0.2) is 17.5 Å². The molecule has 0 saturated carbocycles. The normalized spacial score (nSPS) is 12.9. The molecule has 0 saturated heterocycles. The van der Waals surface area contributed by atoms with E-state index in [1.54, 1.807) is 0 Å². The quantitative estimate of drug-likeness (QED) is 0.886. The summed E-state index contributed by atoms with van der Waals surface area (Å²) < 4.78 is 37.0.